The zero-order chi connectivity index (χ0) is 9.26. The predicted molar refractivity (Wildman–Crippen MR) is 47.0 cm³/mol. The number of aliphatic hydroxyl groups is 1. The largest absolute Gasteiger partial charge is 0.394 e. The maximum Gasteiger partial charge on any atom is 0.165 e. The molecule has 13 heavy (non-hydrogen) atoms. The van der Waals surface area contributed by atoms with Gasteiger partial charge in [-0.3, -0.25) is 4.40 Å². The van der Waals surface area contributed by atoms with Crippen LogP contribution in [0, 0.1) is 0 Å². The summed E-state index contributed by atoms with van der Waals surface area (Å²) in [6.45, 7) is -0.0907. The lowest BCUT2D eigenvalue weighted by molar-refractivity contribution is 0.268. The van der Waals surface area contributed by atoms with Crippen LogP contribution in [0.1, 0.15) is 11.6 Å². The molecule has 2 rings (SSSR count). The van der Waals surface area contributed by atoms with Gasteiger partial charge in [0.1, 0.15) is 6.33 Å². The van der Waals surface area contributed by atoms with E-state index in [9.17, 15) is 0 Å². The van der Waals surface area contributed by atoms with Gasteiger partial charge in [-0.15, -0.1) is 10.2 Å². The smallest absolute Gasteiger partial charge is 0.165 e. The van der Waals surface area contributed by atoms with Gasteiger partial charge in [0.05, 0.1) is 12.6 Å². The third-order valence-electron chi connectivity index (χ3n) is 1.95. The van der Waals surface area contributed by atoms with Gasteiger partial charge < -0.3 is 10.8 Å². The molecule has 2 heterocycles. The summed E-state index contributed by atoms with van der Waals surface area (Å²) in [5.41, 5.74) is 7.19. The van der Waals surface area contributed by atoms with E-state index in [0.29, 0.717) is 5.65 Å². The van der Waals surface area contributed by atoms with Crippen molar-refractivity contribution < 1.29 is 5.11 Å². The molecule has 0 aliphatic rings. The molecular formula is C8H10N4O. The summed E-state index contributed by atoms with van der Waals surface area (Å²) in [6, 6.07) is 3.29. The Morgan fingerprint density at radius 1 is 1.62 bits per heavy atom. The average molecular weight is 178 g/mol. The molecule has 2 aromatic heterocycles. The first-order valence-corrected chi connectivity index (χ1v) is 3.97. The third kappa shape index (κ3) is 1.28. The highest BCUT2D eigenvalue weighted by Gasteiger charge is 2.09. The van der Waals surface area contributed by atoms with Crippen LogP contribution in [-0.2, 0) is 0 Å². The van der Waals surface area contributed by atoms with Crippen LogP contribution in [0.15, 0.2) is 24.7 Å². The maximum atomic E-state index is 8.90. The van der Waals surface area contributed by atoms with Gasteiger partial charge in [0.15, 0.2) is 5.65 Å². The first-order valence-electron chi connectivity index (χ1n) is 3.97. The number of nitrogens with zero attached hydrogens (tertiary/aromatic N) is 3. The Labute approximate surface area is 74.8 Å². The van der Waals surface area contributed by atoms with Crippen molar-refractivity contribution in [3.05, 3.63) is 30.2 Å². The maximum absolute atomic E-state index is 8.90. The van der Waals surface area contributed by atoms with Crippen LogP contribution < -0.4 is 5.73 Å². The minimum atomic E-state index is -0.395. The van der Waals surface area contributed by atoms with Crippen LogP contribution in [0.4, 0.5) is 0 Å². The molecule has 0 aromatic carbocycles. The quantitative estimate of drug-likeness (QED) is 0.663. The van der Waals surface area contributed by atoms with E-state index in [1.165, 1.54) is 0 Å². The van der Waals surface area contributed by atoms with Crippen LogP contribution in [0.2, 0.25) is 0 Å². The van der Waals surface area contributed by atoms with Gasteiger partial charge >= 0.3 is 0 Å². The van der Waals surface area contributed by atoms with E-state index in [0.717, 1.165) is 5.56 Å². The first-order chi connectivity index (χ1) is 6.33. The second-order valence-electron chi connectivity index (χ2n) is 2.81. The second-order valence-corrected chi connectivity index (χ2v) is 2.81. The highest BCUT2D eigenvalue weighted by molar-refractivity contribution is 5.48. The Bertz CT molecular complexity index is 411. The summed E-state index contributed by atoms with van der Waals surface area (Å²) in [5, 5.41) is 16.6. The van der Waals surface area contributed by atoms with Crippen molar-refractivity contribution in [1.82, 2.24) is 14.6 Å². The van der Waals surface area contributed by atoms with Gasteiger partial charge in [-0.05, 0) is 6.07 Å². The summed E-state index contributed by atoms with van der Waals surface area (Å²) in [6.07, 6.45) is 3.44. The topological polar surface area (TPSA) is 76.4 Å². The van der Waals surface area contributed by atoms with E-state index in [-0.39, 0.29) is 6.61 Å². The molecule has 1 unspecified atom stereocenters. The van der Waals surface area contributed by atoms with Gasteiger partial charge in [0, 0.05) is 11.8 Å². The number of pyridine rings is 1. The summed E-state index contributed by atoms with van der Waals surface area (Å²) >= 11 is 0. The third-order valence-corrected chi connectivity index (χ3v) is 1.95. The fraction of sp³-hybridized carbons (Fsp3) is 0.250. The molecule has 0 aliphatic heterocycles. The summed E-state index contributed by atoms with van der Waals surface area (Å²) in [7, 11) is 0. The SMILES string of the molecule is NC(CO)c1cccn2cnnc12. The Morgan fingerprint density at radius 2 is 2.46 bits per heavy atom. The molecule has 5 heteroatoms. The van der Waals surface area contributed by atoms with Crippen molar-refractivity contribution in [1.29, 1.82) is 0 Å². The summed E-state index contributed by atoms with van der Waals surface area (Å²) in [4.78, 5) is 0. The van der Waals surface area contributed by atoms with E-state index in [2.05, 4.69) is 10.2 Å². The minimum absolute atomic E-state index is 0.0907. The normalized spacial score (nSPS) is 13.4. The van der Waals surface area contributed by atoms with Crippen molar-refractivity contribution >= 4 is 5.65 Å². The number of aromatic nitrogens is 3. The fourth-order valence-corrected chi connectivity index (χ4v) is 1.26. The average Bonchev–Trinajstić information content (AvgIpc) is 2.63. The Morgan fingerprint density at radius 3 is 3.23 bits per heavy atom. The monoisotopic (exact) mass is 178 g/mol. The van der Waals surface area contributed by atoms with Crippen LogP contribution in [0.3, 0.4) is 0 Å². The molecule has 2 aromatic rings. The van der Waals surface area contributed by atoms with Crippen molar-refractivity contribution in [3.8, 4) is 0 Å². The van der Waals surface area contributed by atoms with E-state index in [1.54, 1.807) is 10.7 Å². The Hall–Kier alpha value is -1.46. The predicted octanol–water partition coefficient (Wildman–Crippen LogP) is -0.279. The minimum Gasteiger partial charge on any atom is -0.394 e. The van der Waals surface area contributed by atoms with Gasteiger partial charge in [-0.25, -0.2) is 0 Å². The van der Waals surface area contributed by atoms with E-state index in [1.807, 2.05) is 18.3 Å². The van der Waals surface area contributed by atoms with Crippen LogP contribution >= 0.6 is 0 Å². The Kier molecular flexibility index (Phi) is 1.96. The molecular weight excluding hydrogens is 168 g/mol. The molecule has 0 radical (unpaired) electrons. The van der Waals surface area contributed by atoms with Gasteiger partial charge in [0.2, 0.25) is 0 Å². The van der Waals surface area contributed by atoms with Crippen molar-refractivity contribution in [2.45, 2.75) is 6.04 Å². The number of hydrogen-bond donors (Lipinski definition) is 2. The molecule has 0 saturated heterocycles. The standard InChI is InChI=1S/C8H10N4O/c9-7(4-13)6-2-1-3-12-5-10-11-8(6)12/h1-3,5,7,13H,4,9H2. The number of fused-ring (bicyclic) bond motifs is 1. The molecule has 3 N–H and O–H groups in total. The molecule has 0 bridgehead atoms. The highest BCUT2D eigenvalue weighted by atomic mass is 16.3. The zero-order valence-electron chi connectivity index (χ0n) is 6.96. The van der Waals surface area contributed by atoms with Crippen LogP contribution in [0.5, 0.6) is 0 Å². The zero-order valence-corrected chi connectivity index (χ0v) is 6.96. The van der Waals surface area contributed by atoms with E-state index in [4.69, 9.17) is 10.8 Å². The van der Waals surface area contributed by atoms with Crippen molar-refractivity contribution in [2.24, 2.45) is 5.73 Å². The molecule has 0 aliphatic carbocycles. The highest BCUT2D eigenvalue weighted by Crippen LogP contribution is 2.13. The van der Waals surface area contributed by atoms with Crippen LogP contribution in [-0.4, -0.2) is 26.3 Å². The summed E-state index contributed by atoms with van der Waals surface area (Å²) in [5.74, 6) is 0. The van der Waals surface area contributed by atoms with Gasteiger partial charge in [-0.2, -0.15) is 0 Å². The summed E-state index contributed by atoms with van der Waals surface area (Å²) < 4.78 is 1.77. The number of rotatable bonds is 2. The fourth-order valence-electron chi connectivity index (χ4n) is 1.26. The van der Waals surface area contributed by atoms with E-state index < -0.39 is 6.04 Å². The van der Waals surface area contributed by atoms with Crippen molar-refractivity contribution in [3.63, 3.8) is 0 Å². The molecule has 68 valence electrons. The molecule has 0 saturated carbocycles. The van der Waals surface area contributed by atoms with E-state index >= 15 is 0 Å². The van der Waals surface area contributed by atoms with Crippen molar-refractivity contribution in [2.75, 3.05) is 6.61 Å². The first kappa shape index (κ1) is 8.15. The van der Waals surface area contributed by atoms with Gasteiger partial charge in [-0.1, -0.05) is 6.07 Å². The number of nitrogens with two attached hydrogens (primary N) is 1. The number of aliphatic hydroxyl groups excluding tert-OH is 1. The lowest BCUT2D eigenvalue weighted by atomic mass is 10.1. The number of hydrogen-bond acceptors (Lipinski definition) is 4. The van der Waals surface area contributed by atoms with Crippen LogP contribution in [0.25, 0.3) is 5.65 Å². The molecule has 0 spiro atoms. The second kappa shape index (κ2) is 3.12. The van der Waals surface area contributed by atoms with Gasteiger partial charge in [0.25, 0.3) is 0 Å². The lowest BCUT2D eigenvalue weighted by Gasteiger charge is -2.08. The Balaban J connectivity index is 2.60. The molecule has 0 fully saturated rings. The molecule has 1 atom stereocenters. The molecule has 0 amide bonds. The lowest BCUT2D eigenvalue weighted by Crippen LogP contribution is -2.15. The molecule has 5 nitrogen and oxygen atoms in total.